The molecule has 5 heterocycles. The molecule has 0 radical (unpaired) electrons. The first-order valence-electron chi connectivity index (χ1n) is 22.5. The molecule has 61 heavy (non-hydrogen) atoms. The van der Waals surface area contributed by atoms with Gasteiger partial charge in [-0.1, -0.05) is 39.3 Å². The van der Waals surface area contributed by atoms with Crippen molar-refractivity contribution in [1.29, 1.82) is 0 Å². The number of allylic oxidation sites excluding steroid dienone is 1. The number of fused-ring (bicyclic) bond motifs is 7. The monoisotopic (exact) mass is 872 g/mol. The third kappa shape index (κ3) is 7.05. The smallest absolute Gasteiger partial charge is 0.200 e. The molecule has 18 heteroatoms. The van der Waals surface area contributed by atoms with Gasteiger partial charge in [-0.05, 0) is 68.1 Å². The molecule has 10 N–H and O–H groups in total. The zero-order valence-electron chi connectivity index (χ0n) is 35.5. The highest BCUT2D eigenvalue weighted by Crippen LogP contribution is 2.71. The zero-order chi connectivity index (χ0) is 43.7. The molecule has 18 nitrogen and oxygen atoms in total. The summed E-state index contributed by atoms with van der Waals surface area (Å²) in [6.07, 6.45) is -16.6. The van der Waals surface area contributed by atoms with Crippen LogP contribution >= 0.6 is 0 Å². The molecule has 1 spiro atoms. The Kier molecular flexibility index (Phi) is 12.2. The maximum absolute atomic E-state index is 11.4. The van der Waals surface area contributed by atoms with Crippen LogP contribution in [-0.4, -0.2) is 187 Å². The lowest BCUT2D eigenvalue weighted by Crippen LogP contribution is -2.65. The lowest BCUT2D eigenvalue weighted by Gasteiger charge is -2.60. The molecule has 8 fully saturated rings. The maximum Gasteiger partial charge on any atom is 0.200 e. The minimum absolute atomic E-state index is 0.0970. The standard InChI is InChI=1S/C43H68O18/c1-16-13-56-43(37(53)29(16)47)17(2)28-26(61-43)12-23-21-7-6-19-10-20(44)11-27(42(19,5)22(21)8-9-41(23,28)4)58-40-36(60-39-34(52)32(50)30(48)18(3)57-39)35(25(46)15-55-40)59-38-33(51)31(49)24(45)14-54-38/h6,16-18,20-40,44-53H,7-15H2,1-5H3/t16-,17-,18-,20+,21+,22-,23-,24+,25-,26-,27+,28-,29-,30-,31-,32+,33+,34+,35-,36+,37-,38-,39-,40-,41-,42-,43-/m0/s1. The largest absolute Gasteiger partial charge is 0.393 e. The van der Waals surface area contributed by atoms with Gasteiger partial charge in [0.1, 0.15) is 61.0 Å². The quantitative estimate of drug-likeness (QED) is 0.135. The minimum Gasteiger partial charge on any atom is -0.393 e. The number of rotatable bonds is 6. The van der Waals surface area contributed by atoms with Crippen LogP contribution in [0.1, 0.15) is 73.1 Å². The Morgan fingerprint density at radius 3 is 2.13 bits per heavy atom. The molecule has 0 aromatic heterocycles. The van der Waals surface area contributed by atoms with Crippen molar-refractivity contribution in [1.82, 2.24) is 0 Å². The Labute approximate surface area is 355 Å². The second-order valence-electron chi connectivity index (χ2n) is 20.4. The Morgan fingerprint density at radius 2 is 1.38 bits per heavy atom. The normalized spacial score (nSPS) is 59.6. The second kappa shape index (κ2) is 16.4. The molecule has 9 rings (SSSR count). The summed E-state index contributed by atoms with van der Waals surface area (Å²) in [6, 6.07) is 0. The van der Waals surface area contributed by atoms with Gasteiger partial charge in [-0.15, -0.1) is 0 Å². The average Bonchev–Trinajstić information content (AvgIpc) is 3.68. The molecule has 348 valence electrons. The average molecular weight is 873 g/mol. The predicted octanol–water partition coefficient (Wildman–Crippen LogP) is -1.60. The molecule has 5 saturated heterocycles. The van der Waals surface area contributed by atoms with Crippen LogP contribution in [0.3, 0.4) is 0 Å². The Bertz CT molecular complexity index is 1620. The fourth-order valence-electron chi connectivity index (χ4n) is 13.7. The first-order chi connectivity index (χ1) is 28.8. The lowest BCUT2D eigenvalue weighted by molar-refractivity contribution is -0.382. The van der Waals surface area contributed by atoms with E-state index in [9.17, 15) is 51.1 Å². The molecule has 9 aliphatic rings. The van der Waals surface area contributed by atoms with E-state index in [1.54, 1.807) is 0 Å². The third-order valence-electron chi connectivity index (χ3n) is 17.2. The van der Waals surface area contributed by atoms with Crippen LogP contribution in [0.2, 0.25) is 0 Å². The van der Waals surface area contributed by atoms with Crippen LogP contribution in [0.25, 0.3) is 0 Å². The minimum atomic E-state index is -1.74. The van der Waals surface area contributed by atoms with Crippen molar-refractivity contribution >= 4 is 0 Å². The van der Waals surface area contributed by atoms with Gasteiger partial charge in [-0.2, -0.15) is 0 Å². The molecule has 0 amide bonds. The van der Waals surface area contributed by atoms with E-state index in [2.05, 4.69) is 26.8 Å². The van der Waals surface area contributed by atoms with E-state index in [1.807, 2.05) is 6.92 Å². The van der Waals surface area contributed by atoms with Gasteiger partial charge < -0.3 is 89.0 Å². The highest BCUT2D eigenvalue weighted by atomic mass is 16.8. The molecule has 27 atom stereocenters. The summed E-state index contributed by atoms with van der Waals surface area (Å²) in [5.74, 6) is -0.948. The van der Waals surface area contributed by atoms with E-state index in [0.29, 0.717) is 13.0 Å². The number of hydrogen-bond acceptors (Lipinski definition) is 18. The van der Waals surface area contributed by atoms with E-state index in [4.69, 9.17) is 37.9 Å². The van der Waals surface area contributed by atoms with E-state index < -0.39 is 116 Å². The number of aliphatic hydroxyl groups excluding tert-OH is 10. The van der Waals surface area contributed by atoms with Crippen LogP contribution in [0.15, 0.2) is 11.6 Å². The molecule has 0 unspecified atom stereocenters. The lowest BCUT2D eigenvalue weighted by atomic mass is 9.46. The fraction of sp³-hybridized carbons (Fsp3) is 0.953. The summed E-state index contributed by atoms with van der Waals surface area (Å²) in [4.78, 5) is 0. The van der Waals surface area contributed by atoms with Gasteiger partial charge in [-0.3, -0.25) is 0 Å². The summed E-state index contributed by atoms with van der Waals surface area (Å²) >= 11 is 0. The zero-order valence-corrected chi connectivity index (χ0v) is 35.5. The number of aliphatic hydroxyl groups is 10. The van der Waals surface area contributed by atoms with E-state index in [0.717, 1.165) is 31.3 Å². The molecule has 0 bridgehead atoms. The van der Waals surface area contributed by atoms with Crippen molar-refractivity contribution in [2.45, 2.75) is 189 Å². The van der Waals surface area contributed by atoms with Crippen molar-refractivity contribution in [2.75, 3.05) is 19.8 Å². The highest BCUT2D eigenvalue weighted by Gasteiger charge is 2.72. The third-order valence-corrected chi connectivity index (χ3v) is 17.2. The SMILES string of the molecule is C[C@@H]1O[C@@H](O[C@H]2[C@H](O[C@@H]3C[C@H](O)CC4=CC[C@H]5[C@@H]6C[C@@H]7O[C@@]8(OC[C@H](C)[C@H](O)[C@@H]8O)[C@@H](C)[C@@H]7[C@@]6(C)CC[C@@H]5[C@]43C)OC[C@H](O)[C@@H]2O[C@@H]2OC[C@@H](O)[C@H](O)[C@H]2O)[C@H](O)[C@H](O)[C@H]1O. The Balaban J connectivity index is 0.994. The number of ether oxygens (including phenoxy) is 8. The summed E-state index contributed by atoms with van der Waals surface area (Å²) in [5.41, 5.74) is 0.334. The number of hydrogen-bond donors (Lipinski definition) is 10. The van der Waals surface area contributed by atoms with Gasteiger partial charge >= 0.3 is 0 Å². The van der Waals surface area contributed by atoms with E-state index in [-0.39, 0.29) is 66.7 Å². The van der Waals surface area contributed by atoms with Crippen LogP contribution < -0.4 is 0 Å². The van der Waals surface area contributed by atoms with Crippen LogP contribution in [-0.2, 0) is 37.9 Å². The Morgan fingerprint density at radius 1 is 0.689 bits per heavy atom. The summed E-state index contributed by atoms with van der Waals surface area (Å²) in [5, 5.41) is 109. The van der Waals surface area contributed by atoms with Crippen molar-refractivity contribution < 1.29 is 89.0 Å². The van der Waals surface area contributed by atoms with Gasteiger partial charge in [0.15, 0.2) is 24.7 Å². The molecule has 5 aliphatic heterocycles. The van der Waals surface area contributed by atoms with Gasteiger partial charge in [0, 0.05) is 23.7 Å². The fourth-order valence-corrected chi connectivity index (χ4v) is 13.7. The summed E-state index contributed by atoms with van der Waals surface area (Å²) in [6.45, 7) is 9.58. The van der Waals surface area contributed by atoms with Crippen molar-refractivity contribution in [2.24, 2.45) is 46.3 Å². The Hall–Kier alpha value is -0.980. The molecule has 0 aromatic carbocycles. The molecule has 0 aromatic rings. The molecular weight excluding hydrogens is 804 g/mol. The molecule has 4 aliphatic carbocycles. The van der Waals surface area contributed by atoms with E-state index in [1.165, 1.54) is 6.92 Å². The van der Waals surface area contributed by atoms with Crippen LogP contribution in [0.5, 0.6) is 0 Å². The first kappa shape index (κ1) is 45.2. The summed E-state index contributed by atoms with van der Waals surface area (Å²) in [7, 11) is 0. The van der Waals surface area contributed by atoms with Crippen LogP contribution in [0.4, 0.5) is 0 Å². The van der Waals surface area contributed by atoms with Crippen molar-refractivity contribution in [3.05, 3.63) is 11.6 Å². The van der Waals surface area contributed by atoms with Gasteiger partial charge in [0.2, 0.25) is 0 Å². The highest BCUT2D eigenvalue weighted by molar-refractivity contribution is 5.29. The van der Waals surface area contributed by atoms with Gasteiger partial charge in [-0.25, -0.2) is 0 Å². The predicted molar refractivity (Wildman–Crippen MR) is 206 cm³/mol. The molecule has 3 saturated carbocycles. The van der Waals surface area contributed by atoms with Crippen LogP contribution in [0, 0.1) is 46.3 Å². The topological polar surface area (TPSA) is 276 Å². The van der Waals surface area contributed by atoms with Gasteiger partial charge in [0.25, 0.3) is 0 Å². The first-order valence-corrected chi connectivity index (χ1v) is 22.5. The summed E-state index contributed by atoms with van der Waals surface area (Å²) < 4.78 is 50.0. The molecular formula is C43H68O18. The second-order valence-corrected chi connectivity index (χ2v) is 20.4. The maximum atomic E-state index is 11.4. The van der Waals surface area contributed by atoms with Gasteiger partial charge in [0.05, 0.1) is 50.3 Å². The van der Waals surface area contributed by atoms with Crippen molar-refractivity contribution in [3.63, 3.8) is 0 Å². The van der Waals surface area contributed by atoms with Crippen molar-refractivity contribution in [3.8, 4) is 0 Å². The van der Waals surface area contributed by atoms with E-state index >= 15 is 0 Å².